The van der Waals surface area contributed by atoms with Gasteiger partial charge in [-0.1, -0.05) is 51.1 Å². The summed E-state index contributed by atoms with van der Waals surface area (Å²) in [4.78, 5) is 0. The molecular weight excluding hydrogens is 298 g/mol. The number of aliphatic hydroxyl groups excluding tert-OH is 1. The van der Waals surface area contributed by atoms with E-state index in [1.165, 1.54) is 18.4 Å². The second kappa shape index (κ2) is 8.98. The van der Waals surface area contributed by atoms with Crippen LogP contribution >= 0.6 is 0 Å². The molecule has 136 valence electrons. The van der Waals surface area contributed by atoms with Crippen LogP contribution in [0.1, 0.15) is 65.0 Å². The van der Waals surface area contributed by atoms with Gasteiger partial charge in [-0.2, -0.15) is 0 Å². The lowest BCUT2D eigenvalue weighted by atomic mass is 9.72. The van der Waals surface area contributed by atoms with E-state index in [2.05, 4.69) is 45.1 Å². The molecule has 2 rings (SSSR count). The highest BCUT2D eigenvalue weighted by atomic mass is 16.5. The average Bonchev–Trinajstić information content (AvgIpc) is 2.58. The lowest BCUT2D eigenvalue weighted by molar-refractivity contribution is -0.0365. The maximum Gasteiger partial charge on any atom is 0.0898 e. The molecule has 1 aromatic carbocycles. The van der Waals surface area contributed by atoms with Crippen LogP contribution < -0.4 is 5.32 Å². The summed E-state index contributed by atoms with van der Waals surface area (Å²) in [5.74, 6) is 0.802. The molecule has 2 atom stereocenters. The zero-order valence-electron chi connectivity index (χ0n) is 15.8. The molecule has 1 aromatic rings. The molecule has 3 heteroatoms. The molecule has 1 aliphatic rings. The molecule has 0 saturated heterocycles. The van der Waals surface area contributed by atoms with E-state index in [0.717, 1.165) is 18.8 Å². The number of nitrogens with one attached hydrogen (secondary N) is 1. The van der Waals surface area contributed by atoms with E-state index in [-0.39, 0.29) is 6.04 Å². The molecule has 1 fully saturated rings. The van der Waals surface area contributed by atoms with Crippen LogP contribution in [-0.4, -0.2) is 30.5 Å². The van der Waals surface area contributed by atoms with Crippen molar-refractivity contribution in [2.45, 2.75) is 71.6 Å². The fraction of sp³-hybridized carbons (Fsp3) is 0.714. The van der Waals surface area contributed by atoms with Crippen molar-refractivity contribution in [2.75, 3.05) is 13.2 Å². The number of aliphatic hydroxyl groups is 1. The fourth-order valence-electron chi connectivity index (χ4n) is 3.57. The van der Waals surface area contributed by atoms with Crippen molar-refractivity contribution in [1.29, 1.82) is 0 Å². The summed E-state index contributed by atoms with van der Waals surface area (Å²) in [6, 6.07) is 10.6. The Morgan fingerprint density at radius 1 is 1.12 bits per heavy atom. The number of hydrogen-bond donors (Lipinski definition) is 2. The first-order valence-corrected chi connectivity index (χ1v) is 9.44. The van der Waals surface area contributed by atoms with Gasteiger partial charge >= 0.3 is 0 Å². The lowest BCUT2D eigenvalue weighted by Gasteiger charge is -2.37. The summed E-state index contributed by atoms with van der Waals surface area (Å²) >= 11 is 0. The third-order valence-corrected chi connectivity index (χ3v) is 5.38. The summed E-state index contributed by atoms with van der Waals surface area (Å²) < 4.78 is 5.95. The minimum absolute atomic E-state index is 0.239. The highest BCUT2D eigenvalue weighted by molar-refractivity contribution is 5.17. The van der Waals surface area contributed by atoms with Crippen molar-refractivity contribution in [3.05, 3.63) is 35.9 Å². The zero-order chi connectivity index (χ0) is 17.6. The molecule has 0 aliphatic heterocycles. The van der Waals surface area contributed by atoms with E-state index in [1.54, 1.807) is 0 Å². The molecule has 0 aromatic heterocycles. The smallest absolute Gasteiger partial charge is 0.0898 e. The molecule has 1 saturated carbocycles. The summed E-state index contributed by atoms with van der Waals surface area (Å²) in [5, 5.41) is 13.6. The Labute approximate surface area is 147 Å². The second-order valence-electron chi connectivity index (χ2n) is 8.37. The summed E-state index contributed by atoms with van der Waals surface area (Å²) in [5.41, 5.74) is 1.65. The highest BCUT2D eigenvalue weighted by Crippen LogP contribution is 2.38. The quantitative estimate of drug-likeness (QED) is 0.781. The normalized spacial score (nSPS) is 24.5. The van der Waals surface area contributed by atoms with Crippen LogP contribution in [0.4, 0.5) is 0 Å². The molecule has 2 N–H and O–H groups in total. The van der Waals surface area contributed by atoms with Gasteiger partial charge in [0.2, 0.25) is 0 Å². The average molecular weight is 334 g/mol. The van der Waals surface area contributed by atoms with E-state index < -0.39 is 6.10 Å². The fourth-order valence-corrected chi connectivity index (χ4v) is 3.57. The molecule has 0 spiro atoms. The minimum Gasteiger partial charge on any atom is -0.389 e. The lowest BCUT2D eigenvalue weighted by Crippen LogP contribution is -2.35. The monoisotopic (exact) mass is 333 g/mol. The number of rotatable bonds is 7. The van der Waals surface area contributed by atoms with Crippen molar-refractivity contribution in [3.8, 4) is 0 Å². The number of benzene rings is 1. The maximum atomic E-state index is 10.2. The summed E-state index contributed by atoms with van der Waals surface area (Å²) in [6.07, 6.45) is 4.62. The van der Waals surface area contributed by atoms with Crippen LogP contribution in [0, 0.1) is 11.3 Å². The van der Waals surface area contributed by atoms with Gasteiger partial charge in [-0.3, -0.25) is 0 Å². The Bertz CT molecular complexity index is 460. The van der Waals surface area contributed by atoms with Crippen LogP contribution in [0.3, 0.4) is 0 Å². The molecule has 0 unspecified atom stereocenters. The van der Waals surface area contributed by atoms with E-state index in [9.17, 15) is 5.11 Å². The van der Waals surface area contributed by atoms with Crippen molar-refractivity contribution >= 4 is 0 Å². The molecular formula is C21H35NO2. The van der Waals surface area contributed by atoms with Gasteiger partial charge in [0.15, 0.2) is 0 Å². The standard InChI is InChI=1S/C21H35NO2/c1-16(17-8-6-5-7-9-17)22-14-19(23)15-24-20-12-10-18(11-13-20)21(2,3)4/h5-9,16,18-20,22-23H,10-15H2,1-4H3/t16-,18?,19-,20?/m0/s1. The van der Waals surface area contributed by atoms with Gasteiger partial charge in [0.1, 0.15) is 0 Å². The van der Waals surface area contributed by atoms with E-state index in [0.29, 0.717) is 24.7 Å². The van der Waals surface area contributed by atoms with Crippen LogP contribution in [0.15, 0.2) is 30.3 Å². The van der Waals surface area contributed by atoms with Crippen molar-refractivity contribution in [1.82, 2.24) is 5.32 Å². The molecule has 1 aliphatic carbocycles. The van der Waals surface area contributed by atoms with E-state index in [1.807, 2.05) is 18.2 Å². The van der Waals surface area contributed by atoms with Gasteiger partial charge in [-0.25, -0.2) is 0 Å². The first kappa shape index (κ1) is 19.4. The van der Waals surface area contributed by atoms with Crippen LogP contribution in [-0.2, 0) is 4.74 Å². The Kier molecular flexibility index (Phi) is 7.27. The second-order valence-corrected chi connectivity index (χ2v) is 8.37. The van der Waals surface area contributed by atoms with E-state index in [4.69, 9.17) is 4.74 Å². The number of ether oxygens (including phenoxy) is 1. The summed E-state index contributed by atoms with van der Waals surface area (Å²) in [7, 11) is 0. The molecule has 0 amide bonds. The Morgan fingerprint density at radius 2 is 1.75 bits per heavy atom. The van der Waals surface area contributed by atoms with Gasteiger partial charge in [0, 0.05) is 12.6 Å². The first-order chi connectivity index (χ1) is 11.4. The summed E-state index contributed by atoms with van der Waals surface area (Å²) in [6.45, 7) is 10.1. The third kappa shape index (κ3) is 6.19. The molecule has 0 bridgehead atoms. The van der Waals surface area contributed by atoms with Gasteiger partial charge in [-0.15, -0.1) is 0 Å². The maximum absolute atomic E-state index is 10.2. The SMILES string of the molecule is C[C@H](NC[C@H](O)COC1CCC(C(C)(C)C)CC1)c1ccccc1. The van der Waals surface area contributed by atoms with E-state index >= 15 is 0 Å². The zero-order valence-corrected chi connectivity index (χ0v) is 15.8. The van der Waals surface area contributed by atoms with Crippen molar-refractivity contribution in [3.63, 3.8) is 0 Å². The Balaban J connectivity index is 1.63. The predicted molar refractivity (Wildman–Crippen MR) is 100 cm³/mol. The molecule has 24 heavy (non-hydrogen) atoms. The van der Waals surface area contributed by atoms with Crippen molar-refractivity contribution in [2.24, 2.45) is 11.3 Å². The van der Waals surface area contributed by atoms with Gasteiger partial charge < -0.3 is 15.2 Å². The van der Waals surface area contributed by atoms with Gasteiger partial charge in [0.25, 0.3) is 0 Å². The minimum atomic E-state index is -0.448. The van der Waals surface area contributed by atoms with Crippen LogP contribution in [0.2, 0.25) is 0 Å². The third-order valence-electron chi connectivity index (χ3n) is 5.38. The Morgan fingerprint density at radius 3 is 2.33 bits per heavy atom. The largest absolute Gasteiger partial charge is 0.389 e. The first-order valence-electron chi connectivity index (χ1n) is 9.44. The predicted octanol–water partition coefficient (Wildman–Crippen LogP) is 4.32. The van der Waals surface area contributed by atoms with Crippen LogP contribution in [0.25, 0.3) is 0 Å². The van der Waals surface area contributed by atoms with Gasteiger partial charge in [0.05, 0.1) is 18.8 Å². The molecule has 0 radical (unpaired) electrons. The topological polar surface area (TPSA) is 41.5 Å². The number of hydrogen-bond acceptors (Lipinski definition) is 3. The molecule has 3 nitrogen and oxygen atoms in total. The highest BCUT2D eigenvalue weighted by Gasteiger charge is 2.30. The Hall–Kier alpha value is -0.900. The van der Waals surface area contributed by atoms with Crippen LogP contribution in [0.5, 0.6) is 0 Å². The molecule has 0 heterocycles. The van der Waals surface area contributed by atoms with Crippen molar-refractivity contribution < 1.29 is 9.84 Å². The van der Waals surface area contributed by atoms with Gasteiger partial charge in [-0.05, 0) is 49.5 Å².